The third-order valence-electron chi connectivity index (χ3n) is 6.46. The second-order valence-corrected chi connectivity index (χ2v) is 9.18. The largest absolute Gasteiger partial charge is 0.479 e. The molecule has 196 valence electrons. The van der Waals surface area contributed by atoms with Gasteiger partial charge in [0.2, 0.25) is 0 Å². The van der Waals surface area contributed by atoms with E-state index in [1.807, 2.05) is 30.3 Å². The van der Waals surface area contributed by atoms with Gasteiger partial charge in [0.15, 0.2) is 6.10 Å². The van der Waals surface area contributed by atoms with Crippen LogP contribution in [0.2, 0.25) is 0 Å². The summed E-state index contributed by atoms with van der Waals surface area (Å²) in [5.41, 5.74) is 5.14. The van der Waals surface area contributed by atoms with Crippen LogP contribution in [0, 0.1) is 0 Å². The van der Waals surface area contributed by atoms with Crippen molar-refractivity contribution < 1.29 is 24.6 Å². The van der Waals surface area contributed by atoms with E-state index in [0.29, 0.717) is 11.3 Å². The van der Waals surface area contributed by atoms with Crippen LogP contribution in [0.25, 0.3) is 5.57 Å². The molecule has 0 radical (unpaired) electrons. The van der Waals surface area contributed by atoms with Crippen molar-refractivity contribution in [1.29, 1.82) is 0 Å². The third kappa shape index (κ3) is 7.08. The SMILES string of the molecule is O=C(Nc1ccccc1)NC(c1ccc(C(=O)NC[C@@H](O)C(=O)O)cc1)c1ccc(C2=CCCCC2)cc1. The third-order valence-corrected chi connectivity index (χ3v) is 6.46. The van der Waals surface area contributed by atoms with Crippen molar-refractivity contribution in [2.24, 2.45) is 0 Å². The highest BCUT2D eigenvalue weighted by Crippen LogP contribution is 2.29. The zero-order valence-corrected chi connectivity index (χ0v) is 20.9. The average molecular weight is 514 g/mol. The Kier molecular flexibility index (Phi) is 8.89. The van der Waals surface area contributed by atoms with Crippen LogP contribution in [0.15, 0.2) is 84.9 Å². The number of carboxylic acids is 1. The summed E-state index contributed by atoms with van der Waals surface area (Å²) in [4.78, 5) is 36.1. The van der Waals surface area contributed by atoms with Gasteiger partial charge in [-0.3, -0.25) is 4.79 Å². The molecule has 0 saturated heterocycles. The zero-order chi connectivity index (χ0) is 26.9. The van der Waals surface area contributed by atoms with Gasteiger partial charge >= 0.3 is 12.0 Å². The second-order valence-electron chi connectivity index (χ2n) is 9.18. The maximum absolute atomic E-state index is 12.9. The molecular formula is C30H31N3O5. The molecule has 8 heteroatoms. The van der Waals surface area contributed by atoms with Crippen molar-refractivity contribution in [3.8, 4) is 0 Å². The molecule has 0 heterocycles. The Morgan fingerprint density at radius 3 is 2.11 bits per heavy atom. The van der Waals surface area contributed by atoms with Crippen molar-refractivity contribution in [1.82, 2.24) is 10.6 Å². The van der Waals surface area contributed by atoms with E-state index < -0.39 is 30.6 Å². The van der Waals surface area contributed by atoms with Crippen LogP contribution in [0.3, 0.4) is 0 Å². The number of amides is 3. The van der Waals surface area contributed by atoms with Crippen molar-refractivity contribution in [2.75, 3.05) is 11.9 Å². The fourth-order valence-corrected chi connectivity index (χ4v) is 4.37. The first-order chi connectivity index (χ1) is 18.4. The molecule has 5 N–H and O–H groups in total. The molecule has 3 aromatic rings. The zero-order valence-electron chi connectivity index (χ0n) is 20.9. The van der Waals surface area contributed by atoms with E-state index in [4.69, 9.17) is 5.11 Å². The number of aliphatic hydroxyl groups is 1. The molecule has 3 amide bonds. The molecule has 1 aliphatic carbocycles. The summed E-state index contributed by atoms with van der Waals surface area (Å²) >= 11 is 0. The number of benzene rings is 3. The Bertz CT molecular complexity index is 1290. The van der Waals surface area contributed by atoms with Gasteiger partial charge in [0, 0.05) is 11.3 Å². The van der Waals surface area contributed by atoms with Gasteiger partial charge in [-0.05, 0) is 72.2 Å². The number of rotatable bonds is 9. The van der Waals surface area contributed by atoms with Crippen LogP contribution in [-0.2, 0) is 4.79 Å². The maximum Gasteiger partial charge on any atom is 0.334 e. The van der Waals surface area contributed by atoms with E-state index in [1.54, 1.807) is 36.4 Å². The Labute approximate surface area is 221 Å². The fourth-order valence-electron chi connectivity index (χ4n) is 4.37. The summed E-state index contributed by atoms with van der Waals surface area (Å²) in [6, 6.07) is 23.1. The number of carbonyl (C=O) groups excluding carboxylic acids is 2. The summed E-state index contributed by atoms with van der Waals surface area (Å²) in [6.07, 6.45) is 5.18. The standard InChI is InChI=1S/C30H31N3O5/c34-26(29(36)37)19-31-28(35)24-17-15-23(16-18-24)27(33-30(38)32-25-9-5-2-6-10-25)22-13-11-21(12-14-22)20-7-3-1-4-8-20/h2,5-7,9-18,26-27,34H,1,3-4,8,19H2,(H,31,35)(H,36,37)(H2,32,33,38)/t26-,27?/m1/s1. The highest BCUT2D eigenvalue weighted by molar-refractivity contribution is 5.94. The first-order valence-electron chi connectivity index (χ1n) is 12.6. The average Bonchev–Trinajstić information content (AvgIpc) is 2.95. The lowest BCUT2D eigenvalue weighted by molar-refractivity contribution is -0.146. The summed E-state index contributed by atoms with van der Waals surface area (Å²) in [5.74, 6) is -1.91. The number of urea groups is 1. The molecule has 0 spiro atoms. The Morgan fingerprint density at radius 2 is 1.50 bits per heavy atom. The number of allylic oxidation sites excluding steroid dienone is 2. The lowest BCUT2D eigenvalue weighted by Crippen LogP contribution is -2.36. The number of hydrogen-bond acceptors (Lipinski definition) is 4. The number of carboxylic acid groups (broad SMARTS) is 1. The van der Waals surface area contributed by atoms with E-state index in [9.17, 15) is 19.5 Å². The van der Waals surface area contributed by atoms with Crippen molar-refractivity contribution in [3.05, 3.63) is 107 Å². The highest BCUT2D eigenvalue weighted by Gasteiger charge is 2.19. The van der Waals surface area contributed by atoms with Crippen LogP contribution in [0.5, 0.6) is 0 Å². The molecular weight excluding hydrogens is 482 g/mol. The van der Waals surface area contributed by atoms with Crippen molar-refractivity contribution in [2.45, 2.75) is 37.8 Å². The van der Waals surface area contributed by atoms with E-state index in [0.717, 1.165) is 24.0 Å². The predicted octanol–water partition coefficient (Wildman–Crippen LogP) is 4.73. The highest BCUT2D eigenvalue weighted by atomic mass is 16.4. The van der Waals surface area contributed by atoms with Gasteiger partial charge in [-0.1, -0.05) is 60.7 Å². The van der Waals surface area contributed by atoms with E-state index >= 15 is 0 Å². The second kappa shape index (κ2) is 12.7. The van der Waals surface area contributed by atoms with E-state index in [1.165, 1.54) is 24.0 Å². The molecule has 2 atom stereocenters. The minimum absolute atomic E-state index is 0.304. The summed E-state index contributed by atoms with van der Waals surface area (Å²) in [7, 11) is 0. The molecule has 0 aliphatic heterocycles. The van der Waals surface area contributed by atoms with Crippen LogP contribution in [-0.4, -0.2) is 40.8 Å². The Morgan fingerprint density at radius 1 is 0.842 bits per heavy atom. The molecule has 0 saturated carbocycles. The molecule has 3 aromatic carbocycles. The van der Waals surface area contributed by atoms with E-state index in [-0.39, 0.29) is 6.03 Å². The van der Waals surface area contributed by atoms with Gasteiger partial charge in [-0.2, -0.15) is 0 Å². The number of aliphatic carboxylic acids is 1. The maximum atomic E-state index is 12.9. The van der Waals surface area contributed by atoms with Gasteiger partial charge in [0.25, 0.3) is 5.91 Å². The van der Waals surface area contributed by atoms with Crippen LogP contribution in [0.4, 0.5) is 10.5 Å². The van der Waals surface area contributed by atoms with Gasteiger partial charge in [-0.25, -0.2) is 9.59 Å². The summed E-state index contributed by atoms with van der Waals surface area (Å²) < 4.78 is 0. The molecule has 4 rings (SSSR count). The number of carbonyl (C=O) groups is 3. The Hall–Kier alpha value is -4.43. The van der Waals surface area contributed by atoms with Crippen LogP contribution in [0.1, 0.15) is 58.8 Å². The van der Waals surface area contributed by atoms with Crippen molar-refractivity contribution in [3.63, 3.8) is 0 Å². The fraction of sp³-hybridized carbons (Fsp3) is 0.233. The topological polar surface area (TPSA) is 128 Å². The minimum atomic E-state index is -1.68. The van der Waals surface area contributed by atoms with E-state index in [2.05, 4.69) is 34.2 Å². The number of hydrogen-bond donors (Lipinski definition) is 5. The first kappa shape index (κ1) is 26.6. The number of aliphatic hydroxyl groups excluding tert-OH is 1. The summed E-state index contributed by atoms with van der Waals surface area (Å²) in [5, 5.41) is 26.5. The van der Waals surface area contributed by atoms with Gasteiger partial charge in [0.05, 0.1) is 12.6 Å². The monoisotopic (exact) mass is 513 g/mol. The minimum Gasteiger partial charge on any atom is -0.479 e. The quantitative estimate of drug-likeness (QED) is 0.283. The first-order valence-corrected chi connectivity index (χ1v) is 12.6. The molecule has 38 heavy (non-hydrogen) atoms. The molecule has 8 nitrogen and oxygen atoms in total. The normalized spacial score (nSPS) is 14.5. The Balaban J connectivity index is 1.54. The molecule has 1 unspecified atom stereocenters. The van der Waals surface area contributed by atoms with Gasteiger partial charge in [-0.15, -0.1) is 0 Å². The molecule has 0 aromatic heterocycles. The van der Waals surface area contributed by atoms with Crippen molar-refractivity contribution >= 4 is 29.2 Å². The van der Waals surface area contributed by atoms with Crippen LogP contribution < -0.4 is 16.0 Å². The molecule has 0 bridgehead atoms. The predicted molar refractivity (Wildman–Crippen MR) is 146 cm³/mol. The van der Waals surface area contributed by atoms with Gasteiger partial charge in [0.1, 0.15) is 0 Å². The number of anilines is 1. The summed E-state index contributed by atoms with van der Waals surface area (Å²) in [6.45, 7) is -0.400. The van der Waals surface area contributed by atoms with Crippen LogP contribution >= 0.6 is 0 Å². The lowest BCUT2D eigenvalue weighted by atomic mass is 9.91. The smallest absolute Gasteiger partial charge is 0.334 e. The molecule has 0 fully saturated rings. The number of nitrogens with one attached hydrogen (secondary N) is 3. The molecule has 1 aliphatic rings. The number of para-hydroxylation sites is 1. The van der Waals surface area contributed by atoms with Gasteiger partial charge < -0.3 is 26.2 Å². The lowest BCUT2D eigenvalue weighted by Gasteiger charge is -2.21.